The van der Waals surface area contributed by atoms with Gasteiger partial charge in [-0.05, 0) is 32.7 Å². The quantitative estimate of drug-likeness (QED) is 0.621. The molecule has 1 fully saturated rings. The van der Waals surface area contributed by atoms with Gasteiger partial charge in [-0.3, -0.25) is 4.79 Å². The Bertz CT molecular complexity index is 208. The normalized spacial score (nSPS) is 29.3. The summed E-state index contributed by atoms with van der Waals surface area (Å²) in [7, 11) is 0. The third kappa shape index (κ3) is 1.86. The van der Waals surface area contributed by atoms with Crippen molar-refractivity contribution in [1.29, 1.82) is 0 Å². The third-order valence-electron chi connectivity index (χ3n) is 2.50. The molecule has 1 aliphatic heterocycles. The zero-order chi connectivity index (χ0) is 9.03. The van der Waals surface area contributed by atoms with Crippen molar-refractivity contribution in [3.05, 3.63) is 0 Å². The molecule has 1 unspecified atom stereocenters. The summed E-state index contributed by atoms with van der Waals surface area (Å²) in [4.78, 5) is 11.5. The van der Waals surface area contributed by atoms with Crippen LogP contribution in [-0.2, 0) is 4.79 Å². The van der Waals surface area contributed by atoms with Crippen molar-refractivity contribution >= 4 is 5.78 Å². The van der Waals surface area contributed by atoms with Crippen molar-refractivity contribution in [2.24, 2.45) is 0 Å². The lowest BCUT2D eigenvalue weighted by Gasteiger charge is -2.32. The Hall–Kier alpha value is -0.810. The number of carbonyl (C=O) groups excluding carboxylic acids is 1. The number of ketones is 1. The summed E-state index contributed by atoms with van der Waals surface area (Å²) in [5.41, 5.74) is -0.343. The summed E-state index contributed by atoms with van der Waals surface area (Å²) in [6.45, 7) is 2.89. The Kier molecular flexibility index (Phi) is 2.88. The minimum Gasteiger partial charge on any atom is -0.305 e. The van der Waals surface area contributed by atoms with Crippen molar-refractivity contribution in [1.82, 2.24) is 5.32 Å². The Morgan fingerprint density at radius 2 is 2.42 bits per heavy atom. The van der Waals surface area contributed by atoms with Gasteiger partial charge in [-0.15, -0.1) is 6.42 Å². The summed E-state index contributed by atoms with van der Waals surface area (Å²) in [6, 6.07) is 0. The SMILES string of the molecule is C#CCC(=O)C1(C)CCCCN1. The summed E-state index contributed by atoms with van der Waals surface area (Å²) in [6.07, 6.45) is 8.56. The molecule has 0 aromatic heterocycles. The Labute approximate surface area is 73.7 Å². The highest BCUT2D eigenvalue weighted by Gasteiger charge is 2.32. The van der Waals surface area contributed by atoms with Crippen molar-refractivity contribution in [3.63, 3.8) is 0 Å². The maximum atomic E-state index is 11.5. The molecule has 1 aliphatic rings. The average molecular weight is 165 g/mol. The van der Waals surface area contributed by atoms with Gasteiger partial charge in [-0.25, -0.2) is 0 Å². The van der Waals surface area contributed by atoms with Crippen LogP contribution in [0.1, 0.15) is 32.6 Å². The van der Waals surface area contributed by atoms with E-state index in [0.717, 1.165) is 19.4 Å². The van der Waals surface area contributed by atoms with E-state index >= 15 is 0 Å². The molecule has 1 heterocycles. The first-order valence-corrected chi connectivity index (χ1v) is 4.41. The second-order valence-electron chi connectivity index (χ2n) is 3.52. The molecule has 1 saturated heterocycles. The Balaban J connectivity index is 2.57. The standard InChI is InChI=1S/C10H15NO/c1-3-6-9(12)10(2)7-4-5-8-11-10/h1,11H,4-8H2,2H3. The van der Waals surface area contributed by atoms with Gasteiger partial charge in [0.2, 0.25) is 0 Å². The fourth-order valence-corrected chi connectivity index (χ4v) is 1.58. The van der Waals surface area contributed by atoms with E-state index in [1.807, 2.05) is 6.92 Å². The lowest BCUT2D eigenvalue weighted by Crippen LogP contribution is -2.52. The van der Waals surface area contributed by atoms with E-state index < -0.39 is 0 Å². The smallest absolute Gasteiger partial charge is 0.164 e. The maximum Gasteiger partial charge on any atom is 0.164 e. The van der Waals surface area contributed by atoms with E-state index in [1.54, 1.807) is 0 Å². The molecule has 66 valence electrons. The van der Waals surface area contributed by atoms with Crippen molar-refractivity contribution < 1.29 is 4.79 Å². The van der Waals surface area contributed by atoms with Crippen molar-refractivity contribution in [3.8, 4) is 12.3 Å². The first-order chi connectivity index (χ1) is 5.69. The van der Waals surface area contributed by atoms with Crippen LogP contribution in [-0.4, -0.2) is 17.9 Å². The number of piperidine rings is 1. The van der Waals surface area contributed by atoms with Crippen LogP contribution in [0.2, 0.25) is 0 Å². The second-order valence-corrected chi connectivity index (χ2v) is 3.52. The molecule has 0 bridgehead atoms. The predicted octanol–water partition coefficient (Wildman–Crippen LogP) is 1.11. The first-order valence-electron chi connectivity index (χ1n) is 4.41. The summed E-state index contributed by atoms with van der Waals surface area (Å²) in [5, 5.41) is 3.23. The minimum atomic E-state index is -0.343. The van der Waals surface area contributed by atoms with Crippen LogP contribution in [0.3, 0.4) is 0 Å². The number of nitrogens with one attached hydrogen (secondary N) is 1. The molecule has 12 heavy (non-hydrogen) atoms. The minimum absolute atomic E-state index is 0.157. The van der Waals surface area contributed by atoms with Crippen LogP contribution in [0.15, 0.2) is 0 Å². The zero-order valence-corrected chi connectivity index (χ0v) is 7.52. The predicted molar refractivity (Wildman–Crippen MR) is 48.7 cm³/mol. The molecular formula is C10H15NO. The lowest BCUT2D eigenvalue weighted by molar-refractivity contribution is -0.124. The molecule has 0 aromatic rings. The van der Waals surface area contributed by atoms with Crippen LogP contribution in [0.5, 0.6) is 0 Å². The molecule has 0 aliphatic carbocycles. The zero-order valence-electron chi connectivity index (χ0n) is 7.52. The number of Topliss-reactive ketones (excluding diaryl/α,β-unsaturated/α-hetero) is 1. The molecule has 1 N–H and O–H groups in total. The van der Waals surface area contributed by atoms with Gasteiger partial charge in [0.05, 0.1) is 12.0 Å². The van der Waals surface area contributed by atoms with Gasteiger partial charge in [0.25, 0.3) is 0 Å². The topological polar surface area (TPSA) is 29.1 Å². The van der Waals surface area contributed by atoms with E-state index in [-0.39, 0.29) is 17.7 Å². The molecule has 0 amide bonds. The van der Waals surface area contributed by atoms with Crippen molar-refractivity contribution in [2.45, 2.75) is 38.1 Å². The molecule has 1 atom stereocenters. The van der Waals surface area contributed by atoms with E-state index in [2.05, 4.69) is 11.2 Å². The monoisotopic (exact) mass is 165 g/mol. The first kappa shape index (κ1) is 9.28. The Morgan fingerprint density at radius 1 is 1.67 bits per heavy atom. The van der Waals surface area contributed by atoms with Crippen molar-refractivity contribution in [2.75, 3.05) is 6.54 Å². The number of carbonyl (C=O) groups is 1. The van der Waals surface area contributed by atoms with Gasteiger partial charge in [-0.1, -0.05) is 5.92 Å². The third-order valence-corrected chi connectivity index (χ3v) is 2.50. The van der Waals surface area contributed by atoms with Crippen LogP contribution in [0.25, 0.3) is 0 Å². The highest BCUT2D eigenvalue weighted by Crippen LogP contribution is 2.20. The van der Waals surface area contributed by atoms with Gasteiger partial charge >= 0.3 is 0 Å². The van der Waals surface area contributed by atoms with Gasteiger partial charge in [0.15, 0.2) is 5.78 Å². The number of hydrogen-bond acceptors (Lipinski definition) is 2. The molecule has 2 nitrogen and oxygen atoms in total. The van der Waals surface area contributed by atoms with E-state index in [1.165, 1.54) is 6.42 Å². The van der Waals surface area contributed by atoms with Gasteiger partial charge in [-0.2, -0.15) is 0 Å². The maximum absolute atomic E-state index is 11.5. The largest absolute Gasteiger partial charge is 0.305 e. The van der Waals surface area contributed by atoms with E-state index in [0.29, 0.717) is 0 Å². The number of hydrogen-bond donors (Lipinski definition) is 1. The van der Waals surface area contributed by atoms with Gasteiger partial charge in [0, 0.05) is 0 Å². The molecular weight excluding hydrogens is 150 g/mol. The van der Waals surface area contributed by atoms with Gasteiger partial charge < -0.3 is 5.32 Å². The average Bonchev–Trinajstić information content (AvgIpc) is 2.06. The molecule has 2 heteroatoms. The van der Waals surface area contributed by atoms with E-state index in [4.69, 9.17) is 6.42 Å². The highest BCUT2D eigenvalue weighted by atomic mass is 16.1. The molecule has 1 rings (SSSR count). The second kappa shape index (κ2) is 3.73. The number of rotatable bonds is 2. The Morgan fingerprint density at radius 3 is 2.92 bits per heavy atom. The molecule has 0 aromatic carbocycles. The number of terminal acetylenes is 1. The van der Waals surface area contributed by atoms with Crippen LogP contribution < -0.4 is 5.32 Å². The molecule has 0 saturated carbocycles. The summed E-state index contributed by atoms with van der Waals surface area (Å²) < 4.78 is 0. The van der Waals surface area contributed by atoms with Crippen LogP contribution in [0, 0.1) is 12.3 Å². The fraction of sp³-hybridized carbons (Fsp3) is 0.700. The summed E-state index contributed by atoms with van der Waals surface area (Å²) >= 11 is 0. The van der Waals surface area contributed by atoms with Crippen LogP contribution in [0.4, 0.5) is 0 Å². The molecule has 0 radical (unpaired) electrons. The van der Waals surface area contributed by atoms with Crippen LogP contribution >= 0.6 is 0 Å². The fourth-order valence-electron chi connectivity index (χ4n) is 1.58. The van der Waals surface area contributed by atoms with E-state index in [9.17, 15) is 4.79 Å². The highest BCUT2D eigenvalue weighted by molar-refractivity contribution is 5.89. The lowest BCUT2D eigenvalue weighted by atomic mass is 9.86. The van der Waals surface area contributed by atoms with Gasteiger partial charge in [0.1, 0.15) is 0 Å². The molecule has 0 spiro atoms. The summed E-state index contributed by atoms with van der Waals surface area (Å²) in [5.74, 6) is 2.56.